The zero-order chi connectivity index (χ0) is 14.8. The Labute approximate surface area is 116 Å². The van der Waals surface area contributed by atoms with Crippen molar-refractivity contribution in [1.29, 1.82) is 5.26 Å². The fourth-order valence-electron chi connectivity index (χ4n) is 2.48. The van der Waals surface area contributed by atoms with E-state index in [0.29, 0.717) is 18.8 Å². The van der Waals surface area contributed by atoms with E-state index in [1.165, 1.54) is 12.1 Å². The van der Waals surface area contributed by atoms with Crippen LogP contribution in [0.4, 0.5) is 8.78 Å². The van der Waals surface area contributed by atoms with E-state index in [0.717, 1.165) is 18.9 Å². The molecule has 0 bridgehead atoms. The van der Waals surface area contributed by atoms with Crippen LogP contribution in [-0.2, 0) is 0 Å². The summed E-state index contributed by atoms with van der Waals surface area (Å²) in [4.78, 5) is 12.1. The predicted octanol–water partition coefficient (Wildman–Crippen LogP) is 3.17. The molecule has 1 fully saturated rings. The Hall–Kier alpha value is -1.96. The Kier molecular flexibility index (Phi) is 4.03. The van der Waals surface area contributed by atoms with Crippen LogP contribution in [0.5, 0.6) is 0 Å². The number of rotatable bonds is 2. The number of carbonyl (C=O) groups is 1. The topological polar surface area (TPSA) is 52.9 Å². The van der Waals surface area contributed by atoms with Crippen LogP contribution in [-0.4, -0.2) is 11.4 Å². The molecule has 20 heavy (non-hydrogen) atoms. The van der Waals surface area contributed by atoms with E-state index in [1.807, 2.05) is 0 Å². The molecule has 0 heterocycles. The molecule has 0 spiro atoms. The van der Waals surface area contributed by atoms with Gasteiger partial charge in [0.25, 0.3) is 5.91 Å². The summed E-state index contributed by atoms with van der Waals surface area (Å²) in [5, 5.41) is 11.9. The van der Waals surface area contributed by atoms with Gasteiger partial charge >= 0.3 is 0 Å². The highest BCUT2D eigenvalue weighted by Crippen LogP contribution is 2.31. The molecule has 0 atom stereocenters. The Bertz CT molecular complexity index is 557. The van der Waals surface area contributed by atoms with E-state index >= 15 is 0 Å². The molecule has 0 aromatic heterocycles. The van der Waals surface area contributed by atoms with Crippen LogP contribution in [0.1, 0.15) is 43.0 Å². The van der Waals surface area contributed by atoms with Crippen LogP contribution in [0, 0.1) is 28.9 Å². The third-order valence-corrected chi connectivity index (χ3v) is 3.89. The molecule has 0 radical (unpaired) electrons. The molecule has 0 aliphatic heterocycles. The van der Waals surface area contributed by atoms with E-state index in [2.05, 4.69) is 18.3 Å². The van der Waals surface area contributed by atoms with E-state index in [4.69, 9.17) is 0 Å². The van der Waals surface area contributed by atoms with Gasteiger partial charge in [-0.05, 0) is 43.7 Å². The van der Waals surface area contributed by atoms with Gasteiger partial charge in [0.05, 0.1) is 11.6 Å². The Morgan fingerprint density at radius 1 is 1.40 bits per heavy atom. The van der Waals surface area contributed by atoms with Crippen molar-refractivity contribution in [3.63, 3.8) is 0 Å². The molecular weight excluding hydrogens is 262 g/mol. The molecule has 1 aliphatic rings. The lowest BCUT2D eigenvalue weighted by molar-refractivity contribution is 0.0888. The minimum Gasteiger partial charge on any atom is -0.334 e. The summed E-state index contributed by atoms with van der Waals surface area (Å²) >= 11 is 0. The first-order valence-corrected chi connectivity index (χ1v) is 6.65. The quantitative estimate of drug-likeness (QED) is 0.903. The van der Waals surface area contributed by atoms with Crippen molar-refractivity contribution in [3.05, 3.63) is 35.4 Å². The minimum absolute atomic E-state index is 0.363. The summed E-state index contributed by atoms with van der Waals surface area (Å²) in [6.45, 7) is 2.09. The Balaban J connectivity index is 2.18. The number of carbonyl (C=O) groups excluding carboxylic acids is 1. The minimum atomic E-state index is -1.18. The molecule has 106 valence electrons. The molecule has 0 unspecified atom stereocenters. The second-order valence-corrected chi connectivity index (χ2v) is 5.43. The lowest BCUT2D eigenvalue weighted by Gasteiger charge is -2.34. The second-order valence-electron chi connectivity index (χ2n) is 5.43. The van der Waals surface area contributed by atoms with Gasteiger partial charge in [-0.2, -0.15) is 5.26 Å². The molecule has 3 nitrogen and oxygen atoms in total. The van der Waals surface area contributed by atoms with Gasteiger partial charge in [0.15, 0.2) is 11.6 Å². The summed E-state index contributed by atoms with van der Waals surface area (Å²) in [7, 11) is 0. The highest BCUT2D eigenvalue weighted by Gasteiger charge is 2.36. The maximum absolute atomic E-state index is 13.6. The smallest absolute Gasteiger partial charge is 0.255 e. The van der Waals surface area contributed by atoms with Gasteiger partial charge in [-0.3, -0.25) is 4.79 Å². The largest absolute Gasteiger partial charge is 0.334 e. The molecule has 1 amide bonds. The summed E-state index contributed by atoms with van der Waals surface area (Å²) in [6, 6.07) is 5.56. The zero-order valence-electron chi connectivity index (χ0n) is 11.2. The summed E-state index contributed by atoms with van der Waals surface area (Å²) in [5.41, 5.74) is -1.33. The Morgan fingerprint density at radius 2 is 2.05 bits per heavy atom. The van der Waals surface area contributed by atoms with Gasteiger partial charge in [-0.25, -0.2) is 8.78 Å². The summed E-state index contributed by atoms with van der Waals surface area (Å²) in [5.74, 6) is -2.47. The van der Waals surface area contributed by atoms with Crippen molar-refractivity contribution >= 4 is 5.91 Å². The van der Waals surface area contributed by atoms with E-state index < -0.39 is 23.1 Å². The molecule has 5 heteroatoms. The third-order valence-electron chi connectivity index (χ3n) is 3.89. The fourth-order valence-corrected chi connectivity index (χ4v) is 2.48. The highest BCUT2D eigenvalue weighted by molar-refractivity contribution is 5.95. The fraction of sp³-hybridized carbons (Fsp3) is 0.467. The number of amides is 1. The van der Waals surface area contributed by atoms with Crippen LogP contribution in [0.25, 0.3) is 0 Å². The summed E-state index contributed by atoms with van der Waals surface area (Å²) < 4.78 is 26.7. The number of nitriles is 1. The lowest BCUT2D eigenvalue weighted by atomic mass is 9.78. The van der Waals surface area contributed by atoms with Crippen molar-refractivity contribution in [3.8, 4) is 6.07 Å². The molecule has 1 aromatic rings. The third kappa shape index (κ3) is 2.79. The number of hydrogen-bond donors (Lipinski definition) is 1. The van der Waals surface area contributed by atoms with E-state index in [-0.39, 0.29) is 5.56 Å². The Morgan fingerprint density at radius 3 is 2.65 bits per heavy atom. The highest BCUT2D eigenvalue weighted by atomic mass is 19.2. The van der Waals surface area contributed by atoms with Gasteiger partial charge in [0.2, 0.25) is 0 Å². The SMILES string of the molecule is CC1CCC(C#N)(NC(=O)c2cccc(F)c2F)CC1. The van der Waals surface area contributed by atoms with Crippen molar-refractivity contribution < 1.29 is 13.6 Å². The van der Waals surface area contributed by atoms with Crippen LogP contribution in [0.2, 0.25) is 0 Å². The first-order chi connectivity index (χ1) is 9.47. The monoisotopic (exact) mass is 278 g/mol. The van der Waals surface area contributed by atoms with Crippen LogP contribution in [0.3, 0.4) is 0 Å². The van der Waals surface area contributed by atoms with E-state index in [1.54, 1.807) is 0 Å². The molecule has 0 saturated heterocycles. The molecule has 1 aliphatic carbocycles. The van der Waals surface area contributed by atoms with Crippen LogP contribution < -0.4 is 5.32 Å². The van der Waals surface area contributed by atoms with Gasteiger partial charge in [0.1, 0.15) is 5.54 Å². The summed E-state index contributed by atoms with van der Waals surface area (Å²) in [6.07, 6.45) is 2.74. The zero-order valence-corrected chi connectivity index (χ0v) is 11.2. The number of halogens is 2. The molecular formula is C15H16F2N2O. The standard InChI is InChI=1S/C15H16F2N2O/c1-10-5-7-15(9-18,8-6-10)19-14(20)11-3-2-4-12(16)13(11)17/h2-4,10H,5-8H2,1H3,(H,19,20). The van der Waals surface area contributed by atoms with Gasteiger partial charge < -0.3 is 5.32 Å². The maximum Gasteiger partial charge on any atom is 0.255 e. The number of hydrogen-bond acceptors (Lipinski definition) is 2. The van der Waals surface area contributed by atoms with Crippen molar-refractivity contribution in [2.24, 2.45) is 5.92 Å². The van der Waals surface area contributed by atoms with Crippen molar-refractivity contribution in [2.45, 2.75) is 38.1 Å². The predicted molar refractivity (Wildman–Crippen MR) is 69.8 cm³/mol. The number of nitrogens with zero attached hydrogens (tertiary/aromatic N) is 1. The number of nitrogens with one attached hydrogen (secondary N) is 1. The maximum atomic E-state index is 13.6. The van der Waals surface area contributed by atoms with Crippen molar-refractivity contribution in [2.75, 3.05) is 0 Å². The van der Waals surface area contributed by atoms with Crippen LogP contribution >= 0.6 is 0 Å². The lowest BCUT2D eigenvalue weighted by Crippen LogP contribution is -2.49. The normalized spacial score (nSPS) is 25.8. The average Bonchev–Trinajstić information content (AvgIpc) is 2.44. The number of benzene rings is 1. The second kappa shape index (κ2) is 5.58. The first kappa shape index (κ1) is 14.4. The first-order valence-electron chi connectivity index (χ1n) is 6.65. The van der Waals surface area contributed by atoms with Crippen molar-refractivity contribution in [1.82, 2.24) is 5.32 Å². The van der Waals surface area contributed by atoms with Gasteiger partial charge in [-0.1, -0.05) is 13.0 Å². The average molecular weight is 278 g/mol. The molecule has 2 rings (SSSR count). The molecule has 1 saturated carbocycles. The van der Waals surface area contributed by atoms with E-state index in [9.17, 15) is 18.8 Å². The van der Waals surface area contributed by atoms with Crippen LogP contribution in [0.15, 0.2) is 18.2 Å². The van der Waals surface area contributed by atoms with Gasteiger partial charge in [-0.15, -0.1) is 0 Å². The molecule has 1 N–H and O–H groups in total. The van der Waals surface area contributed by atoms with Gasteiger partial charge in [0, 0.05) is 0 Å². The molecule has 1 aromatic carbocycles.